The van der Waals surface area contributed by atoms with Crippen LogP contribution in [0, 0.1) is 19.8 Å². The molecule has 0 saturated carbocycles. The number of aryl methyl sites for hydroxylation is 1. The van der Waals surface area contributed by atoms with Crippen molar-refractivity contribution >= 4 is 24.2 Å². The lowest BCUT2D eigenvalue weighted by atomic mass is 10.1. The van der Waals surface area contributed by atoms with E-state index in [0.29, 0.717) is 6.54 Å². The molecule has 0 aliphatic carbocycles. The lowest BCUT2D eigenvalue weighted by Crippen LogP contribution is -2.47. The van der Waals surface area contributed by atoms with Gasteiger partial charge in [0.25, 0.3) is 0 Å². The molecule has 1 heterocycles. The highest BCUT2D eigenvalue weighted by atomic mass is 35.5. The molecule has 0 radical (unpaired) electrons. The summed E-state index contributed by atoms with van der Waals surface area (Å²) >= 11 is 0. The first-order valence-corrected chi connectivity index (χ1v) is 8.71. The normalized spacial score (nSPS) is 11.6. The second-order valence-corrected chi connectivity index (χ2v) is 6.66. The molecule has 1 aromatic heterocycles. The van der Waals surface area contributed by atoms with Gasteiger partial charge in [-0.1, -0.05) is 32.0 Å². The number of hydrogen-bond acceptors (Lipinski definition) is 4. The van der Waals surface area contributed by atoms with Crippen LogP contribution in [0.25, 0.3) is 5.69 Å². The predicted octanol–water partition coefficient (Wildman–Crippen LogP) is 1.63. The van der Waals surface area contributed by atoms with Gasteiger partial charge in [-0.25, -0.2) is 4.68 Å². The first-order valence-electron chi connectivity index (χ1n) is 8.71. The summed E-state index contributed by atoms with van der Waals surface area (Å²) in [5.41, 5.74) is 9.52. The summed E-state index contributed by atoms with van der Waals surface area (Å²) in [6, 6.07) is 9.21. The smallest absolute Gasteiger partial charge is 0.239 e. The van der Waals surface area contributed by atoms with Gasteiger partial charge in [0.1, 0.15) is 0 Å². The van der Waals surface area contributed by atoms with E-state index in [2.05, 4.69) is 15.7 Å². The van der Waals surface area contributed by atoms with Crippen molar-refractivity contribution in [3.63, 3.8) is 0 Å². The van der Waals surface area contributed by atoms with Crippen LogP contribution in [0.1, 0.15) is 30.8 Å². The van der Waals surface area contributed by atoms with Crippen LogP contribution in [0.15, 0.2) is 30.3 Å². The Morgan fingerprint density at radius 2 is 1.78 bits per heavy atom. The molecule has 0 aliphatic heterocycles. The number of nitrogens with one attached hydrogen (secondary N) is 2. The summed E-state index contributed by atoms with van der Waals surface area (Å²) in [7, 11) is 0. The van der Waals surface area contributed by atoms with Gasteiger partial charge in [-0.05, 0) is 31.9 Å². The van der Waals surface area contributed by atoms with Crippen molar-refractivity contribution in [1.82, 2.24) is 20.4 Å². The Hall–Kier alpha value is -2.38. The van der Waals surface area contributed by atoms with Gasteiger partial charge in [0.2, 0.25) is 11.8 Å². The van der Waals surface area contributed by atoms with Crippen molar-refractivity contribution < 1.29 is 9.59 Å². The van der Waals surface area contributed by atoms with Crippen molar-refractivity contribution in [2.45, 2.75) is 40.3 Å². The third-order valence-electron chi connectivity index (χ3n) is 4.35. The molecule has 8 heteroatoms. The van der Waals surface area contributed by atoms with E-state index >= 15 is 0 Å². The fourth-order valence-electron chi connectivity index (χ4n) is 2.59. The predicted molar refractivity (Wildman–Crippen MR) is 108 cm³/mol. The Labute approximate surface area is 166 Å². The van der Waals surface area contributed by atoms with E-state index in [1.54, 1.807) is 0 Å². The van der Waals surface area contributed by atoms with Crippen molar-refractivity contribution in [2.75, 3.05) is 6.54 Å². The summed E-state index contributed by atoms with van der Waals surface area (Å²) in [4.78, 5) is 23.8. The Balaban J connectivity index is 0.00000364. The van der Waals surface area contributed by atoms with Gasteiger partial charge >= 0.3 is 0 Å². The molecule has 0 fully saturated rings. The van der Waals surface area contributed by atoms with Gasteiger partial charge in [-0.2, -0.15) is 5.10 Å². The monoisotopic (exact) mass is 393 g/mol. The lowest BCUT2D eigenvalue weighted by Gasteiger charge is -2.15. The van der Waals surface area contributed by atoms with Crippen molar-refractivity contribution in [2.24, 2.45) is 11.7 Å². The van der Waals surface area contributed by atoms with Crippen LogP contribution in [-0.4, -0.2) is 34.2 Å². The third-order valence-corrected chi connectivity index (χ3v) is 4.35. The van der Waals surface area contributed by atoms with E-state index in [-0.39, 0.29) is 36.7 Å². The molecular formula is C19H28ClN5O2. The van der Waals surface area contributed by atoms with Crippen LogP contribution in [-0.2, 0) is 16.1 Å². The number of rotatable bonds is 7. The van der Waals surface area contributed by atoms with Gasteiger partial charge in [0.05, 0.1) is 24.0 Å². The molecule has 0 saturated heterocycles. The zero-order chi connectivity index (χ0) is 19.3. The SMILES string of the molecule is Cc1nn(-c2ccccc2)c(C)c1CNC(=O)CNC(=O)[C@@H](N)C(C)C.Cl. The maximum absolute atomic E-state index is 12.0. The Morgan fingerprint density at radius 1 is 1.15 bits per heavy atom. The molecule has 7 nitrogen and oxygen atoms in total. The fourth-order valence-corrected chi connectivity index (χ4v) is 2.59. The van der Waals surface area contributed by atoms with E-state index in [9.17, 15) is 9.59 Å². The zero-order valence-electron chi connectivity index (χ0n) is 16.2. The Bertz CT molecular complexity index is 774. The molecule has 0 bridgehead atoms. The molecular weight excluding hydrogens is 366 g/mol. The molecule has 2 aromatic rings. The van der Waals surface area contributed by atoms with E-state index in [0.717, 1.165) is 22.6 Å². The standard InChI is InChI=1S/C19H27N5O2.ClH/c1-12(2)18(20)19(26)22-11-17(25)21-10-16-13(3)23-24(14(16)4)15-8-6-5-7-9-15;/h5-9,12,18H,10-11,20H2,1-4H3,(H,21,25)(H,22,26);1H/t18-;/m0./s1. The van der Waals surface area contributed by atoms with Gasteiger partial charge in [-0.3, -0.25) is 9.59 Å². The molecule has 148 valence electrons. The first-order chi connectivity index (χ1) is 12.3. The van der Waals surface area contributed by atoms with Crippen molar-refractivity contribution in [3.05, 3.63) is 47.3 Å². The molecule has 0 unspecified atom stereocenters. The summed E-state index contributed by atoms with van der Waals surface area (Å²) < 4.78 is 1.86. The zero-order valence-corrected chi connectivity index (χ0v) is 17.0. The maximum atomic E-state index is 12.0. The number of carbonyl (C=O) groups is 2. The Morgan fingerprint density at radius 3 is 2.37 bits per heavy atom. The second-order valence-electron chi connectivity index (χ2n) is 6.66. The quantitative estimate of drug-likeness (QED) is 0.665. The van der Waals surface area contributed by atoms with Crippen LogP contribution in [0.2, 0.25) is 0 Å². The van der Waals surface area contributed by atoms with E-state index < -0.39 is 6.04 Å². The summed E-state index contributed by atoms with van der Waals surface area (Å²) in [5, 5.41) is 9.94. The molecule has 0 aliphatic rings. The van der Waals surface area contributed by atoms with Crippen molar-refractivity contribution in [3.8, 4) is 5.69 Å². The van der Waals surface area contributed by atoms with Crippen LogP contribution < -0.4 is 16.4 Å². The Kier molecular flexibility index (Phi) is 8.46. The van der Waals surface area contributed by atoms with Gasteiger partial charge < -0.3 is 16.4 Å². The third kappa shape index (κ3) is 5.80. The molecule has 1 atom stereocenters. The van der Waals surface area contributed by atoms with E-state index in [1.165, 1.54) is 0 Å². The summed E-state index contributed by atoms with van der Waals surface area (Å²) in [5.74, 6) is -0.563. The number of halogens is 1. The van der Waals surface area contributed by atoms with Crippen LogP contribution >= 0.6 is 12.4 Å². The van der Waals surface area contributed by atoms with Crippen LogP contribution in [0.5, 0.6) is 0 Å². The average Bonchev–Trinajstić information content (AvgIpc) is 2.91. The minimum atomic E-state index is -0.614. The van der Waals surface area contributed by atoms with E-state index in [1.807, 2.05) is 62.7 Å². The highest BCUT2D eigenvalue weighted by Crippen LogP contribution is 2.17. The fraction of sp³-hybridized carbons (Fsp3) is 0.421. The molecule has 1 aromatic carbocycles. The number of nitrogens with two attached hydrogens (primary N) is 1. The number of aromatic nitrogens is 2. The molecule has 4 N–H and O–H groups in total. The van der Waals surface area contributed by atoms with Crippen molar-refractivity contribution in [1.29, 1.82) is 0 Å². The molecule has 0 spiro atoms. The largest absolute Gasteiger partial charge is 0.350 e. The number of nitrogens with zero attached hydrogens (tertiary/aromatic N) is 2. The summed E-state index contributed by atoms with van der Waals surface area (Å²) in [6.45, 7) is 7.87. The van der Waals surface area contributed by atoms with Gasteiger partial charge in [0.15, 0.2) is 0 Å². The van der Waals surface area contributed by atoms with E-state index in [4.69, 9.17) is 5.73 Å². The van der Waals surface area contributed by atoms with Gasteiger partial charge in [-0.15, -0.1) is 12.4 Å². The number of benzene rings is 1. The number of amides is 2. The first kappa shape index (κ1) is 22.7. The minimum Gasteiger partial charge on any atom is -0.350 e. The number of carbonyl (C=O) groups excluding carboxylic acids is 2. The second kappa shape index (κ2) is 10.1. The molecule has 2 rings (SSSR count). The number of para-hydroxylation sites is 1. The lowest BCUT2D eigenvalue weighted by molar-refractivity contribution is -0.127. The highest BCUT2D eigenvalue weighted by molar-refractivity contribution is 5.87. The number of hydrogen-bond donors (Lipinski definition) is 3. The highest BCUT2D eigenvalue weighted by Gasteiger charge is 2.18. The topological polar surface area (TPSA) is 102 Å². The molecule has 27 heavy (non-hydrogen) atoms. The average molecular weight is 394 g/mol. The minimum absolute atomic E-state index is 0. The summed E-state index contributed by atoms with van der Waals surface area (Å²) in [6.07, 6.45) is 0. The van der Waals surface area contributed by atoms with Gasteiger partial charge in [0, 0.05) is 17.8 Å². The van der Waals surface area contributed by atoms with Crippen LogP contribution in [0.4, 0.5) is 0 Å². The molecule has 2 amide bonds. The van der Waals surface area contributed by atoms with Crippen LogP contribution in [0.3, 0.4) is 0 Å². The maximum Gasteiger partial charge on any atom is 0.239 e.